The lowest BCUT2D eigenvalue weighted by atomic mass is 10.1. The maximum atomic E-state index is 9.26. The molecule has 1 heterocycles. The highest BCUT2D eigenvalue weighted by atomic mass is 16.5. The van der Waals surface area contributed by atoms with Crippen LogP contribution in [0.3, 0.4) is 0 Å². The van der Waals surface area contributed by atoms with Gasteiger partial charge in [0.2, 0.25) is 0 Å². The van der Waals surface area contributed by atoms with Crippen LogP contribution in [-0.4, -0.2) is 36.5 Å². The summed E-state index contributed by atoms with van der Waals surface area (Å²) >= 11 is 0. The summed E-state index contributed by atoms with van der Waals surface area (Å²) in [6.45, 7) is 0.433. The molecule has 0 aliphatic carbocycles. The molecule has 1 atom stereocenters. The fourth-order valence-electron chi connectivity index (χ4n) is 1.90. The number of nitrogen functional groups attached to an aromatic ring is 1. The minimum atomic E-state index is -0.151. The molecule has 1 unspecified atom stereocenters. The lowest BCUT2D eigenvalue weighted by Crippen LogP contribution is -2.28. The second kappa shape index (κ2) is 5.66. The highest BCUT2D eigenvalue weighted by molar-refractivity contribution is 6.00. The van der Waals surface area contributed by atoms with Crippen LogP contribution in [0.5, 0.6) is 0 Å². The number of methoxy groups -OCH3 is 1. The zero-order valence-electron chi connectivity index (χ0n) is 10.3. The number of aromatic nitrogens is 1. The fourth-order valence-corrected chi connectivity index (χ4v) is 1.90. The predicted molar refractivity (Wildman–Crippen MR) is 72.5 cm³/mol. The summed E-state index contributed by atoms with van der Waals surface area (Å²) < 4.78 is 5.04. The standard InChI is InChI=1S/C13H17N3O2/c1-18-8-9(7-17)16-13-3-2-12(14)10-4-5-15-6-11(10)13/h2-6,9,16-17H,7-8,14H2,1H3. The first-order valence-corrected chi connectivity index (χ1v) is 5.74. The Morgan fingerprint density at radius 3 is 2.94 bits per heavy atom. The summed E-state index contributed by atoms with van der Waals surface area (Å²) in [7, 11) is 1.60. The summed E-state index contributed by atoms with van der Waals surface area (Å²) in [5.74, 6) is 0. The van der Waals surface area contributed by atoms with Gasteiger partial charge in [0.1, 0.15) is 0 Å². The van der Waals surface area contributed by atoms with Gasteiger partial charge < -0.3 is 20.9 Å². The number of hydrogen-bond acceptors (Lipinski definition) is 5. The smallest absolute Gasteiger partial charge is 0.0726 e. The molecular weight excluding hydrogens is 230 g/mol. The topological polar surface area (TPSA) is 80.4 Å². The van der Waals surface area contributed by atoms with E-state index in [2.05, 4.69) is 10.3 Å². The number of aliphatic hydroxyl groups is 1. The SMILES string of the molecule is COCC(CO)Nc1ccc(N)c2ccncc12. The van der Waals surface area contributed by atoms with E-state index in [0.717, 1.165) is 16.5 Å². The number of nitrogens with zero attached hydrogens (tertiary/aromatic N) is 1. The maximum Gasteiger partial charge on any atom is 0.0726 e. The average Bonchev–Trinajstić information content (AvgIpc) is 2.41. The zero-order valence-corrected chi connectivity index (χ0v) is 10.3. The Labute approximate surface area is 106 Å². The average molecular weight is 247 g/mol. The van der Waals surface area contributed by atoms with E-state index in [0.29, 0.717) is 12.3 Å². The van der Waals surface area contributed by atoms with Crippen LogP contribution in [0.15, 0.2) is 30.6 Å². The van der Waals surface area contributed by atoms with Gasteiger partial charge in [-0.2, -0.15) is 0 Å². The van der Waals surface area contributed by atoms with Crippen molar-refractivity contribution in [1.82, 2.24) is 4.98 Å². The number of pyridine rings is 1. The number of nitrogens with one attached hydrogen (secondary N) is 1. The molecular formula is C13H17N3O2. The predicted octanol–water partition coefficient (Wildman–Crippen LogP) is 1.24. The van der Waals surface area contributed by atoms with Crippen molar-refractivity contribution in [2.75, 3.05) is 31.4 Å². The molecule has 2 aromatic rings. The molecule has 18 heavy (non-hydrogen) atoms. The van der Waals surface area contributed by atoms with Gasteiger partial charge in [0.25, 0.3) is 0 Å². The van der Waals surface area contributed by atoms with E-state index in [1.54, 1.807) is 19.5 Å². The van der Waals surface area contributed by atoms with Crippen molar-refractivity contribution in [3.05, 3.63) is 30.6 Å². The van der Waals surface area contributed by atoms with Crippen LogP contribution < -0.4 is 11.1 Å². The normalized spacial score (nSPS) is 12.6. The molecule has 0 saturated heterocycles. The van der Waals surface area contributed by atoms with E-state index in [-0.39, 0.29) is 12.6 Å². The second-order valence-electron chi connectivity index (χ2n) is 4.10. The molecule has 1 aromatic carbocycles. The molecule has 0 fully saturated rings. The molecule has 2 rings (SSSR count). The molecule has 0 aliphatic rings. The van der Waals surface area contributed by atoms with E-state index in [9.17, 15) is 5.11 Å². The third-order valence-electron chi connectivity index (χ3n) is 2.80. The van der Waals surface area contributed by atoms with Crippen molar-refractivity contribution in [3.63, 3.8) is 0 Å². The third-order valence-corrected chi connectivity index (χ3v) is 2.80. The molecule has 0 spiro atoms. The highest BCUT2D eigenvalue weighted by Crippen LogP contribution is 2.27. The van der Waals surface area contributed by atoms with E-state index in [1.807, 2.05) is 18.2 Å². The number of ether oxygens (including phenoxy) is 1. The summed E-state index contributed by atoms with van der Waals surface area (Å²) in [6.07, 6.45) is 3.47. The van der Waals surface area contributed by atoms with Crippen LogP contribution in [0.25, 0.3) is 10.8 Å². The largest absolute Gasteiger partial charge is 0.398 e. The molecule has 0 saturated carbocycles. The molecule has 5 nitrogen and oxygen atoms in total. The summed E-state index contributed by atoms with van der Waals surface area (Å²) in [5, 5.41) is 14.4. The van der Waals surface area contributed by atoms with E-state index in [1.165, 1.54) is 0 Å². The Morgan fingerprint density at radius 2 is 2.22 bits per heavy atom. The first-order valence-electron chi connectivity index (χ1n) is 5.74. The number of benzene rings is 1. The Bertz CT molecular complexity index is 531. The van der Waals surface area contributed by atoms with Crippen LogP contribution in [0.1, 0.15) is 0 Å². The number of nitrogens with two attached hydrogens (primary N) is 1. The number of fused-ring (bicyclic) bond motifs is 1. The first-order chi connectivity index (χ1) is 8.76. The van der Waals surface area contributed by atoms with E-state index < -0.39 is 0 Å². The lowest BCUT2D eigenvalue weighted by Gasteiger charge is -2.18. The fraction of sp³-hybridized carbons (Fsp3) is 0.308. The Balaban J connectivity index is 2.36. The van der Waals surface area contributed by atoms with Gasteiger partial charge in [-0.25, -0.2) is 0 Å². The van der Waals surface area contributed by atoms with Gasteiger partial charge in [0.05, 0.1) is 19.3 Å². The summed E-state index contributed by atoms with van der Waals surface area (Å²) in [6, 6.07) is 5.45. The van der Waals surface area contributed by atoms with Gasteiger partial charge in [-0.3, -0.25) is 4.98 Å². The molecule has 0 aliphatic heterocycles. The Hall–Kier alpha value is -1.85. The van der Waals surface area contributed by atoms with Gasteiger partial charge in [-0.1, -0.05) is 0 Å². The van der Waals surface area contributed by atoms with Gasteiger partial charge >= 0.3 is 0 Å². The van der Waals surface area contributed by atoms with E-state index in [4.69, 9.17) is 10.5 Å². The highest BCUT2D eigenvalue weighted by Gasteiger charge is 2.10. The minimum absolute atomic E-state index is 0.0000279. The van der Waals surface area contributed by atoms with Crippen molar-refractivity contribution < 1.29 is 9.84 Å². The maximum absolute atomic E-state index is 9.26. The quantitative estimate of drug-likeness (QED) is 0.693. The summed E-state index contributed by atoms with van der Waals surface area (Å²) in [4.78, 5) is 4.10. The molecule has 0 bridgehead atoms. The van der Waals surface area contributed by atoms with Crippen LogP contribution in [0.2, 0.25) is 0 Å². The number of hydrogen-bond donors (Lipinski definition) is 3. The van der Waals surface area contributed by atoms with Crippen molar-refractivity contribution in [3.8, 4) is 0 Å². The van der Waals surface area contributed by atoms with Gasteiger partial charge in [-0.05, 0) is 18.2 Å². The monoisotopic (exact) mass is 247 g/mol. The number of aliphatic hydroxyl groups excluding tert-OH is 1. The molecule has 0 radical (unpaired) electrons. The van der Waals surface area contributed by atoms with E-state index >= 15 is 0 Å². The summed E-state index contributed by atoms with van der Waals surface area (Å²) in [5.41, 5.74) is 7.52. The Morgan fingerprint density at radius 1 is 1.39 bits per heavy atom. The first kappa shape index (κ1) is 12.6. The van der Waals surface area contributed by atoms with Gasteiger partial charge in [-0.15, -0.1) is 0 Å². The molecule has 5 heteroatoms. The molecule has 1 aromatic heterocycles. The second-order valence-corrected chi connectivity index (χ2v) is 4.10. The van der Waals surface area contributed by atoms with Crippen LogP contribution >= 0.6 is 0 Å². The zero-order chi connectivity index (χ0) is 13.0. The van der Waals surface area contributed by atoms with Crippen LogP contribution in [0, 0.1) is 0 Å². The molecule has 4 N–H and O–H groups in total. The van der Waals surface area contributed by atoms with Gasteiger partial charge in [0.15, 0.2) is 0 Å². The Kier molecular flexibility index (Phi) is 3.96. The molecule has 96 valence electrons. The lowest BCUT2D eigenvalue weighted by molar-refractivity contribution is 0.153. The number of anilines is 2. The van der Waals surface area contributed by atoms with Crippen molar-refractivity contribution in [2.24, 2.45) is 0 Å². The third kappa shape index (κ3) is 2.52. The van der Waals surface area contributed by atoms with Crippen LogP contribution in [0.4, 0.5) is 11.4 Å². The van der Waals surface area contributed by atoms with Gasteiger partial charge in [0, 0.05) is 41.7 Å². The molecule has 0 amide bonds. The van der Waals surface area contributed by atoms with Crippen molar-refractivity contribution in [2.45, 2.75) is 6.04 Å². The van der Waals surface area contributed by atoms with Crippen LogP contribution in [-0.2, 0) is 4.74 Å². The number of rotatable bonds is 5. The van der Waals surface area contributed by atoms with Crippen molar-refractivity contribution >= 4 is 22.1 Å². The minimum Gasteiger partial charge on any atom is -0.398 e. The van der Waals surface area contributed by atoms with Crippen molar-refractivity contribution in [1.29, 1.82) is 0 Å².